The number of nitrogens with one attached hydrogen (secondary N) is 1. The third kappa shape index (κ3) is 8.28. The number of nitrogens with two attached hydrogens (primary N) is 3. The normalized spacial score (nSPS) is 16.6. The average molecular weight is 413 g/mol. The molecule has 164 valence electrons. The molecule has 0 saturated carbocycles. The fourth-order valence-corrected chi connectivity index (χ4v) is 3.24. The number of aliphatic hydroxyl groups excluding tert-OH is 1. The Hall–Kier alpha value is -2.34. The molecule has 11 nitrogen and oxygen atoms in total. The van der Waals surface area contributed by atoms with Gasteiger partial charge in [0, 0.05) is 30.8 Å². The van der Waals surface area contributed by atoms with Gasteiger partial charge in [0.25, 0.3) is 0 Å². The minimum Gasteiger partial charge on any atom is -0.480 e. The summed E-state index contributed by atoms with van der Waals surface area (Å²) in [6.07, 6.45) is 4.38. The van der Waals surface area contributed by atoms with Crippen LogP contribution in [0.1, 0.15) is 37.8 Å². The lowest BCUT2D eigenvalue weighted by atomic mass is 9.78. The summed E-state index contributed by atoms with van der Waals surface area (Å²) < 4.78 is 0. The molecule has 0 saturated heterocycles. The summed E-state index contributed by atoms with van der Waals surface area (Å²) in [6, 6.07) is -2.99. The van der Waals surface area contributed by atoms with Gasteiger partial charge in [-0.15, -0.1) is 0 Å². The molecule has 0 amide bonds. The highest BCUT2D eigenvalue weighted by Crippen LogP contribution is 2.26. The minimum atomic E-state index is -1.16. The number of H-pyrrole nitrogens is 1. The minimum absolute atomic E-state index is 0.0920. The average Bonchev–Trinajstić information content (AvgIpc) is 3.18. The van der Waals surface area contributed by atoms with Crippen molar-refractivity contribution in [2.75, 3.05) is 6.61 Å². The van der Waals surface area contributed by atoms with Gasteiger partial charge in [-0.1, -0.05) is 6.42 Å². The van der Waals surface area contributed by atoms with Crippen LogP contribution in [0.5, 0.6) is 0 Å². The topological polar surface area (TPSA) is 219 Å². The second-order valence-electron chi connectivity index (χ2n) is 7.24. The van der Waals surface area contributed by atoms with Gasteiger partial charge < -0.3 is 37.5 Å². The molecule has 5 atom stereocenters. The van der Waals surface area contributed by atoms with E-state index < -0.39 is 41.9 Å². The maximum Gasteiger partial charge on any atom is 0.320 e. The molecule has 0 aromatic carbocycles. The Morgan fingerprint density at radius 3 is 2.10 bits per heavy atom. The largest absolute Gasteiger partial charge is 0.480 e. The molecule has 1 aromatic heterocycles. The van der Waals surface area contributed by atoms with Gasteiger partial charge in [-0.2, -0.15) is 0 Å². The molecule has 1 heterocycles. The first-order valence-electron chi connectivity index (χ1n) is 9.51. The third-order valence-electron chi connectivity index (χ3n) is 5.04. The summed E-state index contributed by atoms with van der Waals surface area (Å²) in [6.45, 7) is -0.343. The molecule has 0 aliphatic carbocycles. The number of aromatic nitrogens is 2. The fourth-order valence-electron chi connectivity index (χ4n) is 3.24. The van der Waals surface area contributed by atoms with E-state index in [-0.39, 0.29) is 44.5 Å². The number of rotatable bonds is 15. The molecule has 0 spiro atoms. The van der Waals surface area contributed by atoms with E-state index in [4.69, 9.17) is 27.4 Å². The smallest absolute Gasteiger partial charge is 0.320 e. The lowest BCUT2D eigenvalue weighted by molar-refractivity contribution is -0.139. The highest BCUT2D eigenvalue weighted by molar-refractivity contribution is 5.86. The van der Waals surface area contributed by atoms with Gasteiger partial charge in [-0.3, -0.25) is 14.4 Å². The summed E-state index contributed by atoms with van der Waals surface area (Å²) in [4.78, 5) is 41.6. The number of imidazole rings is 1. The number of ketones is 1. The molecule has 5 unspecified atom stereocenters. The van der Waals surface area contributed by atoms with Crippen LogP contribution in [0, 0.1) is 11.8 Å². The van der Waals surface area contributed by atoms with Crippen LogP contribution in [0.4, 0.5) is 0 Å². The summed E-state index contributed by atoms with van der Waals surface area (Å²) in [5.41, 5.74) is 17.8. The monoisotopic (exact) mass is 413 g/mol. The van der Waals surface area contributed by atoms with E-state index in [2.05, 4.69) is 9.97 Å². The first-order chi connectivity index (χ1) is 13.7. The maximum absolute atomic E-state index is 13.0. The molecule has 29 heavy (non-hydrogen) atoms. The molecule has 1 rings (SSSR count). The van der Waals surface area contributed by atoms with Crippen LogP contribution in [0.15, 0.2) is 12.5 Å². The van der Waals surface area contributed by atoms with E-state index in [0.717, 1.165) is 0 Å². The quantitative estimate of drug-likeness (QED) is 0.183. The molecular weight excluding hydrogens is 382 g/mol. The van der Waals surface area contributed by atoms with Gasteiger partial charge in [-0.25, -0.2) is 4.98 Å². The summed E-state index contributed by atoms with van der Waals surface area (Å²) in [5, 5.41) is 27.7. The molecule has 11 heteroatoms. The van der Waals surface area contributed by atoms with Crippen LogP contribution in [0.25, 0.3) is 0 Å². The number of aliphatic hydroxyl groups is 1. The van der Waals surface area contributed by atoms with Crippen molar-refractivity contribution in [2.45, 2.75) is 56.7 Å². The van der Waals surface area contributed by atoms with Crippen molar-refractivity contribution < 1.29 is 29.7 Å². The Bertz CT molecular complexity index is 653. The van der Waals surface area contributed by atoms with E-state index in [1.165, 1.54) is 6.33 Å². The fraction of sp³-hybridized carbons (Fsp3) is 0.667. The zero-order valence-corrected chi connectivity index (χ0v) is 16.2. The number of hydrogen-bond acceptors (Lipinski definition) is 8. The van der Waals surface area contributed by atoms with Crippen molar-refractivity contribution in [1.29, 1.82) is 0 Å². The second kappa shape index (κ2) is 12.3. The van der Waals surface area contributed by atoms with E-state index in [1.54, 1.807) is 6.20 Å². The molecule has 0 radical (unpaired) electrons. The first kappa shape index (κ1) is 24.7. The Balaban J connectivity index is 2.84. The van der Waals surface area contributed by atoms with Crippen molar-refractivity contribution in [3.63, 3.8) is 0 Å². The number of aromatic amines is 1. The van der Waals surface area contributed by atoms with Crippen LogP contribution in [0.3, 0.4) is 0 Å². The van der Waals surface area contributed by atoms with Crippen molar-refractivity contribution in [3.05, 3.63) is 18.2 Å². The lowest BCUT2D eigenvalue weighted by Gasteiger charge is -2.27. The summed E-state index contributed by atoms with van der Waals surface area (Å²) in [7, 11) is 0. The first-order valence-corrected chi connectivity index (χ1v) is 9.51. The van der Waals surface area contributed by atoms with E-state index >= 15 is 0 Å². The van der Waals surface area contributed by atoms with Crippen LogP contribution >= 0.6 is 0 Å². The third-order valence-corrected chi connectivity index (χ3v) is 5.04. The van der Waals surface area contributed by atoms with Crippen LogP contribution in [-0.4, -0.2) is 67.7 Å². The summed E-state index contributed by atoms with van der Waals surface area (Å²) >= 11 is 0. The Labute approximate surface area is 168 Å². The van der Waals surface area contributed by atoms with Crippen molar-refractivity contribution >= 4 is 17.7 Å². The highest BCUT2D eigenvalue weighted by atomic mass is 16.4. The van der Waals surface area contributed by atoms with E-state index in [1.807, 2.05) is 0 Å². The van der Waals surface area contributed by atoms with Crippen LogP contribution < -0.4 is 17.2 Å². The van der Waals surface area contributed by atoms with Crippen LogP contribution in [-0.2, 0) is 20.8 Å². The zero-order chi connectivity index (χ0) is 22.0. The zero-order valence-electron chi connectivity index (χ0n) is 16.2. The molecule has 1 aromatic rings. The van der Waals surface area contributed by atoms with Crippen molar-refractivity contribution in [2.24, 2.45) is 29.0 Å². The number of Topliss-reactive ketones (excluding diaryl/α,β-unsaturated/α-hetero) is 1. The maximum atomic E-state index is 13.0. The summed E-state index contributed by atoms with van der Waals surface area (Å²) in [5.74, 6) is -3.78. The number of hydrogen-bond donors (Lipinski definition) is 7. The van der Waals surface area contributed by atoms with Crippen molar-refractivity contribution in [3.8, 4) is 0 Å². The van der Waals surface area contributed by atoms with Crippen LogP contribution in [0.2, 0.25) is 0 Å². The molecule has 0 bridgehead atoms. The van der Waals surface area contributed by atoms with Gasteiger partial charge in [-0.05, 0) is 31.6 Å². The van der Waals surface area contributed by atoms with Crippen molar-refractivity contribution in [1.82, 2.24) is 9.97 Å². The lowest BCUT2D eigenvalue weighted by Crippen LogP contribution is -2.42. The molecule has 10 N–H and O–H groups in total. The number of aliphatic carboxylic acids is 2. The van der Waals surface area contributed by atoms with Gasteiger partial charge in [0.15, 0.2) is 5.78 Å². The van der Waals surface area contributed by atoms with Gasteiger partial charge in [0.2, 0.25) is 0 Å². The highest BCUT2D eigenvalue weighted by Gasteiger charge is 2.32. The predicted octanol–water partition coefficient (Wildman–Crippen LogP) is -1.15. The molecule has 0 aliphatic rings. The number of carboxylic acid groups (broad SMARTS) is 2. The molecular formula is C18H31N5O6. The Morgan fingerprint density at radius 1 is 0.966 bits per heavy atom. The Kier molecular flexibility index (Phi) is 10.5. The molecule has 0 aliphatic heterocycles. The number of nitrogens with zero attached hydrogens (tertiary/aromatic N) is 1. The van der Waals surface area contributed by atoms with E-state index in [0.29, 0.717) is 12.1 Å². The SMILES string of the molecule is NC(CCCC(C(=O)C(N)Cc1cnc[nH]1)C(CO)CCC(N)C(=O)O)C(=O)O. The number of carbonyl (C=O) groups is 3. The van der Waals surface area contributed by atoms with Gasteiger partial charge >= 0.3 is 11.9 Å². The Morgan fingerprint density at radius 2 is 1.59 bits per heavy atom. The molecule has 0 fully saturated rings. The number of carbonyl (C=O) groups excluding carboxylic acids is 1. The predicted molar refractivity (Wildman–Crippen MR) is 104 cm³/mol. The van der Waals surface area contributed by atoms with E-state index in [9.17, 15) is 19.5 Å². The second-order valence-corrected chi connectivity index (χ2v) is 7.24. The van der Waals surface area contributed by atoms with Gasteiger partial charge in [0.05, 0.1) is 12.4 Å². The standard InChI is InChI=1S/C18H31N5O6/c19-13(17(26)27)3-1-2-12(10(8-24)4-5-14(20)18(28)29)16(25)15(21)6-11-7-22-9-23-11/h7,9-10,12-15,24H,1-6,8,19-21H2,(H,22,23)(H,26,27)(H,28,29). The number of carboxylic acids is 2. The van der Waals surface area contributed by atoms with Gasteiger partial charge in [0.1, 0.15) is 12.1 Å².